The third-order valence-corrected chi connectivity index (χ3v) is 4.05. The average Bonchev–Trinajstić information content (AvgIpc) is 2.56. The number of esters is 4. The van der Waals surface area contributed by atoms with E-state index in [0.29, 0.717) is 0 Å². The van der Waals surface area contributed by atoms with Gasteiger partial charge in [-0.05, 0) is 0 Å². The monoisotopic (exact) mass is 491 g/mol. The first kappa shape index (κ1) is 26.2. The van der Waals surface area contributed by atoms with Gasteiger partial charge in [-0.15, -0.1) is 0 Å². The number of alkyl halides is 3. The zero-order chi connectivity index (χ0) is 23.2. The number of carbonyl (C=O) groups excluding carboxylic acids is 5. The number of hydrogen-bond donors (Lipinski definition) is 1. The van der Waals surface area contributed by atoms with Gasteiger partial charge in [0.25, 0.3) is 9.70 Å². The summed E-state index contributed by atoms with van der Waals surface area (Å²) in [5.41, 5.74) is 0. The highest BCUT2D eigenvalue weighted by atomic mass is 35.6. The highest BCUT2D eigenvalue weighted by molar-refractivity contribution is 6.76. The Morgan fingerprint density at radius 2 is 1.33 bits per heavy atom. The minimum absolute atomic E-state index is 0.450. The van der Waals surface area contributed by atoms with E-state index < -0.39 is 70.8 Å². The third kappa shape index (κ3) is 8.13. The predicted octanol–water partition coefficient (Wildman–Crippen LogP) is 0.556. The van der Waals surface area contributed by atoms with Gasteiger partial charge in [0.05, 0.1) is 0 Å². The molecule has 1 rings (SSSR count). The molecule has 5 atom stereocenters. The van der Waals surface area contributed by atoms with Crippen LogP contribution in [-0.4, -0.2) is 70.8 Å². The molecule has 1 amide bonds. The van der Waals surface area contributed by atoms with E-state index in [1.807, 2.05) is 0 Å². The van der Waals surface area contributed by atoms with Crippen LogP contribution in [0.1, 0.15) is 27.7 Å². The smallest absolute Gasteiger partial charge is 0.305 e. The Morgan fingerprint density at radius 1 is 0.833 bits per heavy atom. The van der Waals surface area contributed by atoms with Gasteiger partial charge in [0.1, 0.15) is 18.8 Å². The van der Waals surface area contributed by atoms with Crippen LogP contribution in [0, 0.1) is 0 Å². The molecule has 1 fully saturated rings. The first-order valence-electron chi connectivity index (χ1n) is 8.40. The van der Waals surface area contributed by atoms with Gasteiger partial charge < -0.3 is 29.0 Å². The van der Waals surface area contributed by atoms with E-state index in [-0.39, 0.29) is 0 Å². The van der Waals surface area contributed by atoms with Crippen LogP contribution >= 0.6 is 34.8 Å². The van der Waals surface area contributed by atoms with E-state index in [9.17, 15) is 24.0 Å². The van der Waals surface area contributed by atoms with Crippen molar-refractivity contribution in [1.82, 2.24) is 5.32 Å². The molecule has 170 valence electrons. The van der Waals surface area contributed by atoms with E-state index in [0.717, 1.165) is 27.7 Å². The molecule has 1 N–H and O–H groups in total. The zero-order valence-corrected chi connectivity index (χ0v) is 18.6. The molecular weight excluding hydrogens is 473 g/mol. The van der Waals surface area contributed by atoms with Gasteiger partial charge in [-0.1, -0.05) is 34.8 Å². The van der Waals surface area contributed by atoms with Crippen LogP contribution in [-0.2, 0) is 47.7 Å². The van der Waals surface area contributed by atoms with Crippen LogP contribution in [0.2, 0.25) is 0 Å². The number of hydrogen-bond acceptors (Lipinski definition) is 10. The van der Waals surface area contributed by atoms with Crippen LogP contribution in [0.3, 0.4) is 0 Å². The number of ether oxygens (including phenoxy) is 5. The standard InChI is InChI=1S/C16H20Cl3NO10/c1-6(21)26-5-10-12(27-7(2)22)13(28-8(3)23)11(14(30-10)29-9(4)24)20-15(25)16(17,18)19/h10-14H,5H2,1-4H3,(H,20,25)/t10-,11-,12+,13+,14+/m0/s1. The third-order valence-electron chi connectivity index (χ3n) is 3.54. The normalized spacial score (nSPS) is 26.2. The zero-order valence-electron chi connectivity index (χ0n) is 16.3. The lowest BCUT2D eigenvalue weighted by Crippen LogP contribution is -2.67. The maximum Gasteiger partial charge on any atom is 0.305 e. The molecule has 0 aromatic heterocycles. The van der Waals surface area contributed by atoms with Crippen molar-refractivity contribution in [2.24, 2.45) is 0 Å². The summed E-state index contributed by atoms with van der Waals surface area (Å²) in [7, 11) is 0. The molecule has 0 aromatic rings. The van der Waals surface area contributed by atoms with Crippen molar-refractivity contribution in [3.63, 3.8) is 0 Å². The molecule has 0 bridgehead atoms. The number of nitrogens with one attached hydrogen (secondary N) is 1. The topological polar surface area (TPSA) is 144 Å². The molecule has 0 aliphatic carbocycles. The number of rotatable bonds is 6. The van der Waals surface area contributed by atoms with E-state index in [2.05, 4.69) is 5.32 Å². The summed E-state index contributed by atoms with van der Waals surface area (Å²) >= 11 is 16.7. The van der Waals surface area contributed by atoms with E-state index >= 15 is 0 Å². The molecule has 30 heavy (non-hydrogen) atoms. The Morgan fingerprint density at radius 3 is 1.77 bits per heavy atom. The first-order valence-corrected chi connectivity index (χ1v) is 9.54. The minimum Gasteiger partial charge on any atom is -0.463 e. The molecular formula is C16H20Cl3NO10. The van der Waals surface area contributed by atoms with Crippen molar-refractivity contribution >= 4 is 64.6 Å². The van der Waals surface area contributed by atoms with Gasteiger partial charge in [-0.2, -0.15) is 0 Å². The maximum absolute atomic E-state index is 12.2. The number of amides is 1. The van der Waals surface area contributed by atoms with Crippen molar-refractivity contribution in [3.05, 3.63) is 0 Å². The van der Waals surface area contributed by atoms with Gasteiger partial charge in [0, 0.05) is 27.7 Å². The van der Waals surface area contributed by atoms with E-state index in [1.165, 1.54) is 0 Å². The lowest BCUT2D eigenvalue weighted by Gasteiger charge is -2.44. The molecule has 1 aliphatic heterocycles. The molecule has 11 nitrogen and oxygen atoms in total. The molecule has 1 saturated heterocycles. The van der Waals surface area contributed by atoms with Crippen molar-refractivity contribution < 1.29 is 47.7 Å². The van der Waals surface area contributed by atoms with E-state index in [1.54, 1.807) is 0 Å². The molecule has 0 radical (unpaired) electrons. The van der Waals surface area contributed by atoms with Crippen LogP contribution in [0.5, 0.6) is 0 Å². The van der Waals surface area contributed by atoms with Crippen LogP contribution < -0.4 is 5.32 Å². The summed E-state index contributed by atoms with van der Waals surface area (Å²) in [4.78, 5) is 58.2. The second kappa shape index (κ2) is 11.0. The summed E-state index contributed by atoms with van der Waals surface area (Å²) in [6, 6.07) is -1.45. The summed E-state index contributed by atoms with van der Waals surface area (Å²) < 4.78 is 23.5. The van der Waals surface area contributed by atoms with Crippen molar-refractivity contribution in [2.75, 3.05) is 6.61 Å². The summed E-state index contributed by atoms with van der Waals surface area (Å²) in [6.45, 7) is 3.85. The Labute approximate surface area is 186 Å². The van der Waals surface area contributed by atoms with Crippen molar-refractivity contribution in [2.45, 2.75) is 62.1 Å². The van der Waals surface area contributed by atoms with Gasteiger partial charge in [0.2, 0.25) is 6.29 Å². The Balaban J connectivity index is 3.39. The highest BCUT2D eigenvalue weighted by Crippen LogP contribution is 2.31. The fourth-order valence-electron chi connectivity index (χ4n) is 2.55. The fraction of sp³-hybridized carbons (Fsp3) is 0.688. The summed E-state index contributed by atoms with van der Waals surface area (Å²) in [5.74, 6) is -4.30. The predicted molar refractivity (Wildman–Crippen MR) is 100 cm³/mol. The highest BCUT2D eigenvalue weighted by Gasteiger charge is 2.53. The average molecular weight is 493 g/mol. The Kier molecular flexibility index (Phi) is 9.60. The Hall–Kier alpha value is -1.82. The Bertz CT molecular complexity index is 695. The quantitative estimate of drug-likeness (QED) is 0.317. The lowest BCUT2D eigenvalue weighted by atomic mass is 9.96. The van der Waals surface area contributed by atoms with Crippen LogP contribution in [0.25, 0.3) is 0 Å². The molecule has 0 aromatic carbocycles. The summed E-state index contributed by atoms with van der Waals surface area (Å²) in [6.07, 6.45) is -5.64. The summed E-state index contributed by atoms with van der Waals surface area (Å²) in [5, 5.41) is 2.25. The molecule has 0 spiro atoms. The largest absolute Gasteiger partial charge is 0.463 e. The van der Waals surface area contributed by atoms with Gasteiger partial charge in [0.15, 0.2) is 12.2 Å². The molecule has 0 unspecified atom stereocenters. The van der Waals surface area contributed by atoms with Crippen LogP contribution in [0.4, 0.5) is 0 Å². The maximum atomic E-state index is 12.2. The lowest BCUT2D eigenvalue weighted by molar-refractivity contribution is -0.271. The fourth-order valence-corrected chi connectivity index (χ4v) is 2.72. The number of carbonyl (C=O) groups is 5. The number of halogens is 3. The van der Waals surface area contributed by atoms with Crippen molar-refractivity contribution in [1.29, 1.82) is 0 Å². The van der Waals surface area contributed by atoms with Gasteiger partial charge >= 0.3 is 23.9 Å². The molecule has 14 heteroatoms. The van der Waals surface area contributed by atoms with Crippen LogP contribution in [0.15, 0.2) is 0 Å². The minimum atomic E-state index is -2.42. The second-order valence-electron chi connectivity index (χ2n) is 6.10. The first-order chi connectivity index (χ1) is 13.7. The molecule has 1 aliphatic rings. The van der Waals surface area contributed by atoms with Gasteiger partial charge in [-0.3, -0.25) is 24.0 Å². The van der Waals surface area contributed by atoms with Crippen molar-refractivity contribution in [3.8, 4) is 0 Å². The SMILES string of the molecule is CC(=O)OC[C@@H]1O[C@@H](OC(C)=O)[C@@H](NC(=O)C(Cl)(Cl)Cl)[C@@H](OC(C)=O)[C@@H]1OC(C)=O. The second-order valence-corrected chi connectivity index (χ2v) is 8.38. The van der Waals surface area contributed by atoms with E-state index in [4.69, 9.17) is 58.5 Å². The molecule has 1 heterocycles. The molecule has 0 saturated carbocycles. The van der Waals surface area contributed by atoms with Gasteiger partial charge in [-0.25, -0.2) is 0 Å².